The zero-order chi connectivity index (χ0) is 14.6. The summed E-state index contributed by atoms with van der Waals surface area (Å²) in [4.78, 5) is 0. The molecule has 0 radical (unpaired) electrons. The van der Waals surface area contributed by atoms with Crippen LogP contribution in [-0.4, -0.2) is 36.8 Å². The van der Waals surface area contributed by atoms with E-state index in [1.807, 2.05) is 0 Å². The molecule has 1 aliphatic heterocycles. The third-order valence-corrected chi connectivity index (χ3v) is 2.82. The van der Waals surface area contributed by atoms with E-state index in [1.165, 1.54) is 0 Å². The molecule has 2 rings (SSSR count). The minimum absolute atomic E-state index is 0.311. The largest absolute Gasteiger partial charge is 0.497 e. The number of aliphatic hydroxyl groups excluding tert-OH is 1. The minimum atomic E-state index is -0.949. The molecule has 0 spiro atoms. The number of rotatable bonds is 3. The highest BCUT2D eigenvalue weighted by Gasteiger charge is 2.36. The van der Waals surface area contributed by atoms with Crippen molar-refractivity contribution in [3.05, 3.63) is 24.3 Å². The number of methoxy groups -OCH3 is 1. The minimum Gasteiger partial charge on any atom is -0.497 e. The van der Waals surface area contributed by atoms with Gasteiger partial charge in [0, 0.05) is 0 Å². The molecule has 5 heteroatoms. The first kappa shape index (κ1) is 14.7. The lowest BCUT2D eigenvalue weighted by Crippen LogP contribution is -2.29. The van der Waals surface area contributed by atoms with Crippen molar-refractivity contribution < 1.29 is 24.1 Å². The molecule has 108 valence electrons. The van der Waals surface area contributed by atoms with Crippen LogP contribution in [-0.2, 0) is 9.47 Å². The summed E-state index contributed by atoms with van der Waals surface area (Å²) in [7, 11) is 1.59. The zero-order valence-corrected chi connectivity index (χ0v) is 11.8. The molecule has 1 N–H and O–H groups in total. The van der Waals surface area contributed by atoms with E-state index in [0.717, 1.165) is 5.75 Å². The summed E-state index contributed by atoms with van der Waals surface area (Å²) in [6.07, 6.45) is 1.06. The second-order valence-electron chi connectivity index (χ2n) is 4.84. The van der Waals surface area contributed by atoms with E-state index in [0.29, 0.717) is 12.4 Å². The molecule has 0 aliphatic carbocycles. The first-order valence-corrected chi connectivity index (χ1v) is 6.31. The molecule has 0 amide bonds. The lowest BCUT2D eigenvalue weighted by atomic mass is 10.2. The summed E-state index contributed by atoms with van der Waals surface area (Å²) in [5.74, 6) is 3.23. The Morgan fingerprint density at radius 2 is 1.95 bits per heavy atom. The van der Waals surface area contributed by atoms with Crippen molar-refractivity contribution in [1.82, 2.24) is 0 Å². The van der Waals surface area contributed by atoms with Gasteiger partial charge in [0.2, 0.25) is 0 Å². The van der Waals surface area contributed by atoms with E-state index in [9.17, 15) is 5.11 Å². The van der Waals surface area contributed by atoms with Gasteiger partial charge in [-0.3, -0.25) is 0 Å². The normalized spacial score (nSPS) is 21.7. The molecule has 2 atom stereocenters. The first-order valence-electron chi connectivity index (χ1n) is 6.31. The van der Waals surface area contributed by atoms with Gasteiger partial charge in [0.15, 0.2) is 5.79 Å². The maximum absolute atomic E-state index is 9.86. The average molecular weight is 278 g/mol. The summed E-state index contributed by atoms with van der Waals surface area (Å²) in [6.45, 7) is 3.90. The Bertz CT molecular complexity index is 497. The van der Waals surface area contributed by atoms with E-state index in [4.69, 9.17) is 18.9 Å². The summed E-state index contributed by atoms with van der Waals surface area (Å²) < 4.78 is 21.1. The van der Waals surface area contributed by atoms with Crippen molar-refractivity contribution in [2.45, 2.75) is 31.8 Å². The highest BCUT2D eigenvalue weighted by molar-refractivity contribution is 5.32. The van der Waals surface area contributed by atoms with E-state index in [1.54, 1.807) is 45.2 Å². The molecular weight excluding hydrogens is 260 g/mol. The van der Waals surface area contributed by atoms with Gasteiger partial charge in [-0.2, -0.15) is 0 Å². The zero-order valence-electron chi connectivity index (χ0n) is 11.8. The molecule has 0 bridgehead atoms. The summed E-state index contributed by atoms with van der Waals surface area (Å²) in [5, 5.41) is 9.86. The Kier molecular flexibility index (Phi) is 4.50. The maximum Gasteiger partial charge on any atom is 0.163 e. The number of ether oxygens (including phenoxy) is 4. The Morgan fingerprint density at radius 1 is 1.30 bits per heavy atom. The van der Waals surface area contributed by atoms with Gasteiger partial charge in [-0.05, 0) is 44.0 Å². The van der Waals surface area contributed by atoms with Crippen molar-refractivity contribution in [2.75, 3.05) is 13.7 Å². The predicted octanol–water partition coefficient (Wildman–Crippen LogP) is 1.55. The van der Waals surface area contributed by atoms with Gasteiger partial charge >= 0.3 is 0 Å². The molecule has 5 nitrogen and oxygen atoms in total. The highest BCUT2D eigenvalue weighted by Crippen LogP contribution is 2.24. The van der Waals surface area contributed by atoms with Crippen LogP contribution in [0.3, 0.4) is 0 Å². The van der Waals surface area contributed by atoms with Gasteiger partial charge in [-0.25, -0.2) is 0 Å². The molecular formula is C15H18O5. The van der Waals surface area contributed by atoms with Crippen molar-refractivity contribution in [3.8, 4) is 23.5 Å². The van der Waals surface area contributed by atoms with Gasteiger partial charge in [-0.1, -0.05) is 0 Å². The van der Waals surface area contributed by atoms with Crippen molar-refractivity contribution in [2.24, 2.45) is 0 Å². The standard InChI is InChI=1S/C15H18O5/c1-15(2)19-10-14(20-15)13(16)8-9-18-12-6-4-11(17-3)5-7-12/h4-7,13-14,16H,10H2,1-3H3/t13-,14+/m0/s1. The molecule has 0 saturated carbocycles. The summed E-state index contributed by atoms with van der Waals surface area (Å²) in [6, 6.07) is 7.00. The van der Waals surface area contributed by atoms with Crippen LogP contribution in [0.2, 0.25) is 0 Å². The van der Waals surface area contributed by atoms with Gasteiger partial charge < -0.3 is 24.1 Å². The van der Waals surface area contributed by atoms with Crippen LogP contribution < -0.4 is 9.47 Å². The van der Waals surface area contributed by atoms with Gasteiger partial charge in [0.1, 0.15) is 29.8 Å². The topological polar surface area (TPSA) is 57.2 Å². The Hall–Kier alpha value is -1.74. The lowest BCUT2D eigenvalue weighted by Gasteiger charge is -2.17. The van der Waals surface area contributed by atoms with Crippen LogP contribution in [0.25, 0.3) is 0 Å². The summed E-state index contributed by atoms with van der Waals surface area (Å²) in [5.41, 5.74) is 0. The molecule has 1 aliphatic rings. The monoisotopic (exact) mass is 278 g/mol. The maximum atomic E-state index is 9.86. The van der Waals surface area contributed by atoms with Crippen LogP contribution in [0.5, 0.6) is 11.5 Å². The number of aliphatic hydroxyl groups is 1. The van der Waals surface area contributed by atoms with Crippen LogP contribution in [0, 0.1) is 12.0 Å². The fraction of sp³-hybridized carbons (Fsp3) is 0.467. The van der Waals surface area contributed by atoms with Gasteiger partial charge in [0.05, 0.1) is 13.7 Å². The second-order valence-corrected chi connectivity index (χ2v) is 4.84. The number of hydrogen-bond donors (Lipinski definition) is 1. The molecule has 1 fully saturated rings. The molecule has 1 saturated heterocycles. The number of hydrogen-bond acceptors (Lipinski definition) is 5. The average Bonchev–Trinajstić information content (AvgIpc) is 2.80. The Balaban J connectivity index is 1.87. The number of benzene rings is 1. The Labute approximate surface area is 118 Å². The van der Waals surface area contributed by atoms with Crippen molar-refractivity contribution in [1.29, 1.82) is 0 Å². The van der Waals surface area contributed by atoms with Gasteiger partial charge in [-0.15, -0.1) is 0 Å². The predicted molar refractivity (Wildman–Crippen MR) is 72.3 cm³/mol. The lowest BCUT2D eigenvalue weighted by molar-refractivity contribution is -0.146. The van der Waals surface area contributed by atoms with Crippen LogP contribution in [0.1, 0.15) is 13.8 Å². The van der Waals surface area contributed by atoms with Gasteiger partial charge in [0.25, 0.3) is 0 Å². The van der Waals surface area contributed by atoms with Crippen LogP contribution in [0.4, 0.5) is 0 Å². The van der Waals surface area contributed by atoms with E-state index in [2.05, 4.69) is 12.0 Å². The third-order valence-electron chi connectivity index (χ3n) is 2.82. The quantitative estimate of drug-likeness (QED) is 0.850. The van der Waals surface area contributed by atoms with E-state index >= 15 is 0 Å². The SMILES string of the molecule is COc1ccc(OC#C[C@H](O)[C@H]2COC(C)(C)O2)cc1. The van der Waals surface area contributed by atoms with E-state index < -0.39 is 18.0 Å². The molecule has 0 aromatic heterocycles. The molecule has 1 aromatic carbocycles. The fourth-order valence-electron chi connectivity index (χ4n) is 1.76. The van der Waals surface area contributed by atoms with E-state index in [-0.39, 0.29) is 0 Å². The second kappa shape index (κ2) is 6.14. The molecule has 1 aromatic rings. The third kappa shape index (κ3) is 3.87. The van der Waals surface area contributed by atoms with Crippen LogP contribution in [0.15, 0.2) is 24.3 Å². The molecule has 20 heavy (non-hydrogen) atoms. The fourth-order valence-corrected chi connectivity index (χ4v) is 1.76. The molecule has 0 unspecified atom stereocenters. The first-order chi connectivity index (χ1) is 9.50. The van der Waals surface area contributed by atoms with Crippen LogP contribution >= 0.6 is 0 Å². The summed E-state index contributed by atoms with van der Waals surface area (Å²) >= 11 is 0. The molecule has 1 heterocycles. The van der Waals surface area contributed by atoms with Crippen molar-refractivity contribution in [3.63, 3.8) is 0 Å². The Morgan fingerprint density at radius 3 is 2.50 bits per heavy atom. The smallest absolute Gasteiger partial charge is 0.163 e. The highest BCUT2D eigenvalue weighted by atomic mass is 16.7. The van der Waals surface area contributed by atoms with Crippen molar-refractivity contribution >= 4 is 0 Å².